The van der Waals surface area contributed by atoms with Gasteiger partial charge in [-0.3, -0.25) is 4.90 Å². The van der Waals surface area contributed by atoms with Gasteiger partial charge in [0, 0.05) is 5.56 Å². The summed E-state index contributed by atoms with van der Waals surface area (Å²) in [5.41, 5.74) is 1.05. The number of nitrogens with zero attached hydrogens (tertiary/aromatic N) is 4. The summed E-state index contributed by atoms with van der Waals surface area (Å²) in [6, 6.07) is 7.92. The van der Waals surface area contributed by atoms with Crippen LogP contribution in [0.5, 0.6) is 11.6 Å². The van der Waals surface area contributed by atoms with E-state index >= 15 is 0 Å². The number of para-hydroxylation sites is 1. The second kappa shape index (κ2) is 7.41. The third kappa shape index (κ3) is 3.21. The van der Waals surface area contributed by atoms with Crippen LogP contribution in [0.25, 0.3) is 4.96 Å². The Morgan fingerprint density at radius 2 is 1.96 bits per heavy atom. The minimum Gasteiger partial charge on any atom is -0.494 e. The second-order valence-corrected chi connectivity index (χ2v) is 6.75. The van der Waals surface area contributed by atoms with Gasteiger partial charge < -0.3 is 9.84 Å². The van der Waals surface area contributed by atoms with Crippen molar-refractivity contribution < 1.29 is 9.84 Å². The molecule has 1 unspecified atom stereocenters. The first-order valence-corrected chi connectivity index (χ1v) is 9.43. The molecule has 0 aliphatic rings. The molecule has 2 heterocycles. The predicted octanol–water partition coefficient (Wildman–Crippen LogP) is 3.63. The van der Waals surface area contributed by atoms with Crippen molar-refractivity contribution in [1.82, 2.24) is 19.5 Å². The molecule has 134 valence electrons. The summed E-state index contributed by atoms with van der Waals surface area (Å²) in [5.74, 6) is 1.66. The molecule has 0 saturated carbocycles. The van der Waals surface area contributed by atoms with Gasteiger partial charge in [0.1, 0.15) is 11.6 Å². The van der Waals surface area contributed by atoms with Crippen LogP contribution in [0, 0.1) is 6.92 Å². The van der Waals surface area contributed by atoms with E-state index in [1.54, 1.807) is 0 Å². The number of aromatic hydroxyl groups is 1. The molecule has 7 heteroatoms. The number of aromatic nitrogens is 3. The summed E-state index contributed by atoms with van der Waals surface area (Å²) >= 11 is 1.48. The highest BCUT2D eigenvalue weighted by Crippen LogP contribution is 2.42. The van der Waals surface area contributed by atoms with Crippen molar-refractivity contribution in [2.24, 2.45) is 0 Å². The van der Waals surface area contributed by atoms with Gasteiger partial charge in [-0.2, -0.15) is 4.52 Å². The molecule has 2 aromatic heterocycles. The summed E-state index contributed by atoms with van der Waals surface area (Å²) in [5, 5.41) is 15.1. The molecule has 0 bridgehead atoms. The number of thiazole rings is 1. The molecule has 0 saturated heterocycles. The largest absolute Gasteiger partial charge is 0.494 e. The van der Waals surface area contributed by atoms with Crippen molar-refractivity contribution in [3.05, 3.63) is 40.5 Å². The van der Waals surface area contributed by atoms with Crippen LogP contribution in [0.15, 0.2) is 24.3 Å². The number of rotatable bonds is 7. The van der Waals surface area contributed by atoms with Crippen LogP contribution in [-0.2, 0) is 0 Å². The molecular formula is C18H24N4O2S. The van der Waals surface area contributed by atoms with E-state index in [4.69, 9.17) is 4.74 Å². The highest BCUT2D eigenvalue weighted by atomic mass is 32.1. The standard InChI is InChI=1S/C18H24N4O2S/c1-5-21(6-2)15(13-10-8-9-11-14(13)24-7-3)16-17(23)22-18(25-16)19-12(4)20-22/h8-11,15,23H,5-7H2,1-4H3. The van der Waals surface area contributed by atoms with E-state index in [1.165, 1.54) is 15.9 Å². The number of benzene rings is 1. The van der Waals surface area contributed by atoms with Crippen molar-refractivity contribution >= 4 is 16.3 Å². The molecule has 6 nitrogen and oxygen atoms in total. The van der Waals surface area contributed by atoms with Crippen LogP contribution in [-0.4, -0.2) is 44.3 Å². The highest BCUT2D eigenvalue weighted by Gasteiger charge is 2.30. The first-order valence-electron chi connectivity index (χ1n) is 8.61. The normalized spacial score (nSPS) is 12.8. The second-order valence-electron chi connectivity index (χ2n) is 5.74. The zero-order chi connectivity index (χ0) is 18.0. The van der Waals surface area contributed by atoms with E-state index in [-0.39, 0.29) is 11.9 Å². The van der Waals surface area contributed by atoms with Crippen LogP contribution < -0.4 is 4.74 Å². The Morgan fingerprint density at radius 3 is 2.60 bits per heavy atom. The Labute approximate surface area is 151 Å². The van der Waals surface area contributed by atoms with Crippen LogP contribution >= 0.6 is 11.3 Å². The molecule has 0 radical (unpaired) electrons. The Morgan fingerprint density at radius 1 is 1.24 bits per heavy atom. The van der Waals surface area contributed by atoms with Gasteiger partial charge in [-0.1, -0.05) is 43.4 Å². The molecular weight excluding hydrogens is 336 g/mol. The van der Waals surface area contributed by atoms with E-state index in [1.807, 2.05) is 32.0 Å². The maximum atomic E-state index is 10.8. The van der Waals surface area contributed by atoms with Gasteiger partial charge in [0.05, 0.1) is 17.5 Å². The average molecular weight is 360 g/mol. The quantitative estimate of drug-likeness (QED) is 0.697. The lowest BCUT2D eigenvalue weighted by molar-refractivity contribution is 0.239. The van der Waals surface area contributed by atoms with Gasteiger partial charge in [0.2, 0.25) is 10.8 Å². The lowest BCUT2D eigenvalue weighted by atomic mass is 10.0. The SMILES string of the molecule is CCOc1ccccc1C(c1sc2nc(C)nn2c1O)N(CC)CC. The number of ether oxygens (including phenoxy) is 1. The molecule has 25 heavy (non-hydrogen) atoms. The molecule has 1 N–H and O–H groups in total. The van der Waals surface area contributed by atoms with Gasteiger partial charge in [-0.25, -0.2) is 4.98 Å². The Bertz CT molecular complexity index is 854. The van der Waals surface area contributed by atoms with Crippen molar-refractivity contribution in [2.45, 2.75) is 33.7 Å². The van der Waals surface area contributed by atoms with Gasteiger partial charge in [-0.15, -0.1) is 5.10 Å². The Kier molecular flexibility index (Phi) is 5.24. The average Bonchev–Trinajstić information content (AvgIpc) is 3.11. The van der Waals surface area contributed by atoms with E-state index in [9.17, 15) is 5.11 Å². The summed E-state index contributed by atoms with van der Waals surface area (Å²) in [4.78, 5) is 8.25. The summed E-state index contributed by atoms with van der Waals surface area (Å²) in [6.07, 6.45) is 0. The van der Waals surface area contributed by atoms with Crippen molar-refractivity contribution in [2.75, 3.05) is 19.7 Å². The number of hydrogen-bond donors (Lipinski definition) is 1. The van der Waals surface area contributed by atoms with Crippen molar-refractivity contribution in [3.8, 4) is 11.6 Å². The molecule has 3 rings (SSSR count). The van der Waals surface area contributed by atoms with Crippen LogP contribution in [0.1, 0.15) is 43.1 Å². The lowest BCUT2D eigenvalue weighted by Gasteiger charge is -2.30. The summed E-state index contributed by atoms with van der Waals surface area (Å²) in [6.45, 7) is 10.4. The predicted molar refractivity (Wildman–Crippen MR) is 99.6 cm³/mol. The monoisotopic (exact) mass is 360 g/mol. The summed E-state index contributed by atoms with van der Waals surface area (Å²) < 4.78 is 7.37. The zero-order valence-electron chi connectivity index (χ0n) is 15.1. The number of aryl methyl sites for hydroxylation is 1. The lowest BCUT2D eigenvalue weighted by Crippen LogP contribution is -2.29. The van der Waals surface area contributed by atoms with E-state index in [2.05, 4.69) is 34.9 Å². The van der Waals surface area contributed by atoms with Crippen molar-refractivity contribution in [1.29, 1.82) is 0 Å². The van der Waals surface area contributed by atoms with Gasteiger partial charge in [0.15, 0.2) is 0 Å². The number of hydrogen-bond acceptors (Lipinski definition) is 6. The van der Waals surface area contributed by atoms with E-state index in [0.717, 1.165) is 29.3 Å². The third-order valence-corrected chi connectivity index (χ3v) is 5.32. The maximum absolute atomic E-state index is 10.8. The molecule has 0 fully saturated rings. The molecule has 1 atom stereocenters. The topological polar surface area (TPSA) is 62.9 Å². The molecule has 0 aliphatic carbocycles. The van der Waals surface area contributed by atoms with Crippen molar-refractivity contribution in [3.63, 3.8) is 0 Å². The fraction of sp³-hybridized carbons (Fsp3) is 0.444. The van der Waals surface area contributed by atoms with Crippen LogP contribution in [0.4, 0.5) is 0 Å². The van der Waals surface area contributed by atoms with Crippen LogP contribution in [0.2, 0.25) is 0 Å². The maximum Gasteiger partial charge on any atom is 0.230 e. The molecule has 1 aromatic carbocycles. The van der Waals surface area contributed by atoms with Gasteiger partial charge >= 0.3 is 0 Å². The molecule has 0 amide bonds. The van der Waals surface area contributed by atoms with Gasteiger partial charge in [0.25, 0.3) is 0 Å². The minimum atomic E-state index is -0.105. The minimum absolute atomic E-state index is 0.105. The van der Waals surface area contributed by atoms with E-state index < -0.39 is 0 Å². The fourth-order valence-electron chi connectivity index (χ4n) is 3.11. The fourth-order valence-corrected chi connectivity index (χ4v) is 4.27. The number of fused-ring (bicyclic) bond motifs is 1. The third-order valence-electron chi connectivity index (χ3n) is 4.24. The van der Waals surface area contributed by atoms with E-state index in [0.29, 0.717) is 17.4 Å². The first-order chi connectivity index (χ1) is 12.1. The first kappa shape index (κ1) is 17.7. The summed E-state index contributed by atoms with van der Waals surface area (Å²) in [7, 11) is 0. The molecule has 0 spiro atoms. The molecule has 3 aromatic rings. The highest BCUT2D eigenvalue weighted by molar-refractivity contribution is 7.17. The van der Waals surface area contributed by atoms with Crippen LogP contribution in [0.3, 0.4) is 0 Å². The Hall–Kier alpha value is -2.12. The Balaban J connectivity index is 2.18. The molecule has 0 aliphatic heterocycles. The van der Waals surface area contributed by atoms with Gasteiger partial charge in [-0.05, 0) is 33.0 Å². The zero-order valence-corrected chi connectivity index (χ0v) is 15.9. The smallest absolute Gasteiger partial charge is 0.230 e.